The highest BCUT2D eigenvalue weighted by molar-refractivity contribution is 6.34. The van der Waals surface area contributed by atoms with Crippen molar-refractivity contribution in [3.05, 3.63) is 52.5 Å². The smallest absolute Gasteiger partial charge is 0.312 e. The number of hydrogen-bond acceptors (Lipinski definition) is 3. The van der Waals surface area contributed by atoms with Gasteiger partial charge in [-0.1, -0.05) is 35.9 Å². The first-order chi connectivity index (χ1) is 13.2. The van der Waals surface area contributed by atoms with Crippen LogP contribution < -0.4 is 4.74 Å². The minimum absolute atomic E-state index is 0.00785. The fourth-order valence-electron chi connectivity index (χ4n) is 3.44. The molecule has 0 spiro atoms. The molecule has 150 valence electrons. The Morgan fingerprint density at radius 1 is 1.18 bits per heavy atom. The fourth-order valence-corrected chi connectivity index (χ4v) is 3.76. The topological polar surface area (TPSA) is 66.8 Å². The first-order valence-corrected chi connectivity index (χ1v) is 9.05. The SMILES string of the molecule is O=C(O)CCCCOc1cc(Cl)c2c(c1)C(O)(C(F)(F)CF)c1ccccc1-2. The molecule has 8 heteroatoms. The highest BCUT2D eigenvalue weighted by Crippen LogP contribution is 2.57. The Labute approximate surface area is 164 Å². The molecule has 1 aliphatic rings. The zero-order valence-electron chi connectivity index (χ0n) is 14.7. The molecule has 1 unspecified atom stereocenters. The third kappa shape index (κ3) is 3.33. The van der Waals surface area contributed by atoms with E-state index in [2.05, 4.69) is 0 Å². The maximum atomic E-state index is 14.5. The summed E-state index contributed by atoms with van der Waals surface area (Å²) in [5, 5.41) is 19.7. The number of carboxylic acid groups (broad SMARTS) is 1. The van der Waals surface area contributed by atoms with Gasteiger partial charge in [0.1, 0.15) is 5.75 Å². The highest BCUT2D eigenvalue weighted by Gasteiger charge is 2.60. The quantitative estimate of drug-likeness (QED) is 0.609. The molecule has 1 aliphatic carbocycles. The Morgan fingerprint density at radius 2 is 1.89 bits per heavy atom. The van der Waals surface area contributed by atoms with Crippen molar-refractivity contribution in [2.45, 2.75) is 30.8 Å². The minimum atomic E-state index is -4.07. The van der Waals surface area contributed by atoms with E-state index in [1.165, 1.54) is 24.3 Å². The van der Waals surface area contributed by atoms with Gasteiger partial charge in [-0.05, 0) is 30.5 Å². The molecule has 0 aromatic heterocycles. The molecule has 4 nitrogen and oxygen atoms in total. The van der Waals surface area contributed by atoms with Gasteiger partial charge in [0.05, 0.1) is 11.6 Å². The van der Waals surface area contributed by atoms with E-state index in [1.807, 2.05) is 0 Å². The standard InChI is InChI=1S/C20H18ClF3O4/c21-16-10-12(28-8-4-3-7-17(25)26)9-15-18(16)13-5-1-2-6-14(13)20(15,27)19(23,24)11-22/h1-2,5-6,9-10,27H,3-4,7-8,11H2,(H,25,26). The summed E-state index contributed by atoms with van der Waals surface area (Å²) in [5.41, 5.74) is -2.69. The van der Waals surface area contributed by atoms with E-state index >= 15 is 0 Å². The van der Waals surface area contributed by atoms with Gasteiger partial charge in [0.15, 0.2) is 12.3 Å². The molecule has 2 N–H and O–H groups in total. The summed E-state index contributed by atoms with van der Waals surface area (Å²) in [6.07, 6.45) is 0.821. The van der Waals surface area contributed by atoms with Crippen molar-refractivity contribution < 1.29 is 32.9 Å². The predicted octanol–water partition coefficient (Wildman–Crippen LogP) is 4.79. The molecular weight excluding hydrogens is 397 g/mol. The van der Waals surface area contributed by atoms with E-state index in [4.69, 9.17) is 21.4 Å². The average Bonchev–Trinajstić information content (AvgIpc) is 2.92. The number of aliphatic carboxylic acids is 1. The molecule has 0 amide bonds. The van der Waals surface area contributed by atoms with Crippen molar-refractivity contribution in [1.29, 1.82) is 0 Å². The number of halogens is 4. The van der Waals surface area contributed by atoms with Gasteiger partial charge in [0, 0.05) is 23.1 Å². The molecule has 2 aromatic carbocycles. The van der Waals surface area contributed by atoms with Crippen LogP contribution >= 0.6 is 11.6 Å². The van der Waals surface area contributed by atoms with Crippen molar-refractivity contribution in [1.82, 2.24) is 0 Å². The van der Waals surface area contributed by atoms with Crippen LogP contribution in [0.25, 0.3) is 11.1 Å². The molecule has 28 heavy (non-hydrogen) atoms. The lowest BCUT2D eigenvalue weighted by atomic mass is 9.85. The molecule has 2 aromatic rings. The van der Waals surface area contributed by atoms with Gasteiger partial charge in [-0.25, -0.2) is 4.39 Å². The first-order valence-electron chi connectivity index (χ1n) is 8.67. The third-order valence-electron chi connectivity index (χ3n) is 4.79. The maximum Gasteiger partial charge on any atom is 0.312 e. The Kier molecular flexibility index (Phi) is 5.59. The van der Waals surface area contributed by atoms with Gasteiger partial charge < -0.3 is 14.9 Å². The van der Waals surface area contributed by atoms with E-state index in [1.54, 1.807) is 12.1 Å². The molecule has 0 aliphatic heterocycles. The second-order valence-electron chi connectivity index (χ2n) is 6.62. The van der Waals surface area contributed by atoms with Crippen molar-refractivity contribution >= 4 is 17.6 Å². The lowest BCUT2D eigenvalue weighted by Gasteiger charge is -2.32. The summed E-state index contributed by atoms with van der Waals surface area (Å²) in [7, 11) is 0. The van der Waals surface area contributed by atoms with Crippen LogP contribution in [0.4, 0.5) is 13.2 Å². The summed E-state index contributed by atoms with van der Waals surface area (Å²) >= 11 is 6.30. The Bertz CT molecular complexity index is 903. The lowest BCUT2D eigenvalue weighted by molar-refractivity contribution is -0.171. The summed E-state index contributed by atoms with van der Waals surface area (Å²) in [4.78, 5) is 10.5. The number of benzene rings is 2. The van der Waals surface area contributed by atoms with Gasteiger partial charge in [0.2, 0.25) is 0 Å². The number of alkyl halides is 3. The first kappa shape index (κ1) is 20.5. The Balaban J connectivity index is 1.98. The summed E-state index contributed by atoms with van der Waals surface area (Å²) in [5.74, 6) is -4.85. The van der Waals surface area contributed by atoms with E-state index in [0.717, 1.165) is 0 Å². The number of hydrogen-bond donors (Lipinski definition) is 2. The van der Waals surface area contributed by atoms with Gasteiger partial charge >= 0.3 is 11.9 Å². The summed E-state index contributed by atoms with van der Waals surface area (Å²) in [6.45, 7) is -1.90. The van der Waals surface area contributed by atoms with E-state index in [-0.39, 0.29) is 40.5 Å². The van der Waals surface area contributed by atoms with E-state index in [0.29, 0.717) is 18.4 Å². The molecule has 0 saturated heterocycles. The number of aliphatic hydroxyl groups is 1. The van der Waals surface area contributed by atoms with Crippen LogP contribution in [0.3, 0.4) is 0 Å². The van der Waals surface area contributed by atoms with E-state index < -0.39 is 24.2 Å². The number of carboxylic acids is 1. The average molecular weight is 415 g/mol. The zero-order chi connectivity index (χ0) is 20.5. The maximum absolute atomic E-state index is 14.5. The van der Waals surface area contributed by atoms with Crippen molar-refractivity contribution in [3.8, 4) is 16.9 Å². The monoisotopic (exact) mass is 414 g/mol. The fraction of sp³-hybridized carbons (Fsp3) is 0.350. The van der Waals surface area contributed by atoms with Crippen LogP contribution in [0.1, 0.15) is 30.4 Å². The van der Waals surface area contributed by atoms with Gasteiger partial charge in [-0.15, -0.1) is 0 Å². The van der Waals surface area contributed by atoms with Crippen LogP contribution in [-0.2, 0) is 10.4 Å². The van der Waals surface area contributed by atoms with Gasteiger partial charge in [-0.2, -0.15) is 8.78 Å². The van der Waals surface area contributed by atoms with Crippen LogP contribution in [0, 0.1) is 0 Å². The van der Waals surface area contributed by atoms with E-state index in [9.17, 15) is 23.1 Å². The third-order valence-corrected chi connectivity index (χ3v) is 5.09. The predicted molar refractivity (Wildman–Crippen MR) is 97.8 cm³/mol. The molecule has 3 rings (SSSR count). The molecule has 0 bridgehead atoms. The Hall–Kier alpha value is -2.25. The summed E-state index contributed by atoms with van der Waals surface area (Å²) < 4.78 is 47.7. The molecule has 0 heterocycles. The number of ether oxygens (including phenoxy) is 1. The molecule has 0 fully saturated rings. The Morgan fingerprint density at radius 3 is 2.57 bits per heavy atom. The van der Waals surface area contributed by atoms with Gasteiger partial charge in [-0.3, -0.25) is 4.79 Å². The number of carbonyl (C=O) groups is 1. The van der Waals surface area contributed by atoms with Crippen LogP contribution in [0.2, 0.25) is 5.02 Å². The van der Waals surface area contributed by atoms with Crippen LogP contribution in [0.5, 0.6) is 5.75 Å². The largest absolute Gasteiger partial charge is 0.494 e. The van der Waals surface area contributed by atoms with Crippen molar-refractivity contribution in [2.75, 3.05) is 13.3 Å². The second kappa shape index (κ2) is 7.64. The highest BCUT2D eigenvalue weighted by atomic mass is 35.5. The lowest BCUT2D eigenvalue weighted by Crippen LogP contribution is -2.46. The normalized spacial score (nSPS) is 17.9. The minimum Gasteiger partial charge on any atom is -0.494 e. The van der Waals surface area contributed by atoms with Crippen LogP contribution in [0.15, 0.2) is 36.4 Å². The van der Waals surface area contributed by atoms with Gasteiger partial charge in [0.25, 0.3) is 0 Å². The molecule has 1 atom stereocenters. The summed E-state index contributed by atoms with van der Waals surface area (Å²) in [6, 6.07) is 8.64. The number of rotatable bonds is 8. The molecule has 0 radical (unpaired) electrons. The molecule has 0 saturated carbocycles. The van der Waals surface area contributed by atoms with Crippen LogP contribution in [-0.4, -0.2) is 35.4 Å². The van der Waals surface area contributed by atoms with Crippen molar-refractivity contribution in [2.24, 2.45) is 0 Å². The zero-order valence-corrected chi connectivity index (χ0v) is 15.5. The van der Waals surface area contributed by atoms with Crippen molar-refractivity contribution in [3.63, 3.8) is 0 Å². The molecular formula is C20H18ClF3O4. The number of unbranched alkanes of at least 4 members (excludes halogenated alkanes) is 1. The second-order valence-corrected chi connectivity index (χ2v) is 7.03. The number of fused-ring (bicyclic) bond motifs is 3.